The van der Waals surface area contributed by atoms with Crippen LogP contribution in [0.3, 0.4) is 0 Å². The average Bonchev–Trinajstić information content (AvgIpc) is 2.27. The lowest BCUT2D eigenvalue weighted by Gasteiger charge is -2.15. The monoisotopic (exact) mass is 225 g/mol. The average molecular weight is 225 g/mol. The second-order valence-corrected chi connectivity index (χ2v) is 3.04. The van der Waals surface area contributed by atoms with Crippen LogP contribution >= 0.6 is 0 Å². The lowest BCUT2D eigenvalue weighted by molar-refractivity contribution is -0.304. The van der Waals surface area contributed by atoms with Gasteiger partial charge in [0.15, 0.2) is 11.5 Å². The van der Waals surface area contributed by atoms with Crippen LogP contribution in [0.4, 0.5) is 0 Å². The van der Waals surface area contributed by atoms with Gasteiger partial charge in [0.2, 0.25) is 5.75 Å². The van der Waals surface area contributed by atoms with Gasteiger partial charge in [0, 0.05) is 18.0 Å². The van der Waals surface area contributed by atoms with Gasteiger partial charge in [0.25, 0.3) is 0 Å². The van der Waals surface area contributed by atoms with Crippen LogP contribution in [0.5, 0.6) is 17.2 Å². The summed E-state index contributed by atoms with van der Waals surface area (Å²) in [6, 6.07) is 3.23. The van der Waals surface area contributed by atoms with Gasteiger partial charge in [-0.3, -0.25) is 0 Å². The highest BCUT2D eigenvalue weighted by molar-refractivity contribution is 5.71. The topological polar surface area (TPSA) is 67.8 Å². The molecule has 0 saturated carbocycles. The number of carboxylic acids is 1. The molecule has 16 heavy (non-hydrogen) atoms. The number of hydrogen-bond acceptors (Lipinski definition) is 5. The minimum atomic E-state index is -1.18. The number of aliphatic carboxylic acids is 1. The van der Waals surface area contributed by atoms with Gasteiger partial charge in [-0.2, -0.15) is 0 Å². The highest BCUT2D eigenvalue weighted by Gasteiger charge is 2.15. The number of benzene rings is 1. The van der Waals surface area contributed by atoms with Crippen LogP contribution in [-0.2, 0) is 11.2 Å². The van der Waals surface area contributed by atoms with E-state index in [0.717, 1.165) is 0 Å². The predicted octanol–water partition coefficient (Wildman–Crippen LogP) is 0.00480. The minimum absolute atomic E-state index is 0.233. The molecule has 0 aliphatic heterocycles. The third-order valence-corrected chi connectivity index (χ3v) is 2.12. The van der Waals surface area contributed by atoms with E-state index in [9.17, 15) is 9.90 Å². The Morgan fingerprint density at radius 3 is 2.19 bits per heavy atom. The Hall–Kier alpha value is -1.91. The van der Waals surface area contributed by atoms with E-state index in [-0.39, 0.29) is 6.42 Å². The summed E-state index contributed by atoms with van der Waals surface area (Å²) in [6.07, 6.45) is -0.233. The van der Waals surface area contributed by atoms with E-state index in [4.69, 9.17) is 14.2 Å². The van der Waals surface area contributed by atoms with Crippen molar-refractivity contribution in [1.82, 2.24) is 0 Å². The van der Waals surface area contributed by atoms with E-state index >= 15 is 0 Å². The molecule has 0 radical (unpaired) electrons. The first kappa shape index (κ1) is 12.2. The molecule has 5 heteroatoms. The zero-order valence-corrected chi connectivity index (χ0v) is 9.40. The van der Waals surface area contributed by atoms with Gasteiger partial charge in [-0.25, -0.2) is 0 Å². The van der Waals surface area contributed by atoms with Crippen molar-refractivity contribution in [3.05, 3.63) is 17.7 Å². The smallest absolute Gasteiger partial charge is 0.203 e. The summed E-state index contributed by atoms with van der Waals surface area (Å²) in [5.41, 5.74) is 0.486. The molecule has 0 amide bonds. The van der Waals surface area contributed by atoms with Gasteiger partial charge < -0.3 is 24.1 Å². The van der Waals surface area contributed by atoms with Gasteiger partial charge in [-0.15, -0.1) is 0 Å². The highest BCUT2D eigenvalue weighted by Crippen LogP contribution is 2.39. The van der Waals surface area contributed by atoms with Crippen molar-refractivity contribution in [3.8, 4) is 17.2 Å². The third-order valence-electron chi connectivity index (χ3n) is 2.12. The quantitative estimate of drug-likeness (QED) is 0.705. The molecule has 0 aliphatic carbocycles. The number of carboxylic acid groups (broad SMARTS) is 1. The van der Waals surface area contributed by atoms with Gasteiger partial charge >= 0.3 is 0 Å². The number of carbonyl (C=O) groups excluding carboxylic acids is 1. The van der Waals surface area contributed by atoms with Crippen LogP contribution < -0.4 is 19.3 Å². The molecule has 5 nitrogen and oxygen atoms in total. The second kappa shape index (κ2) is 5.25. The fourth-order valence-corrected chi connectivity index (χ4v) is 1.46. The summed E-state index contributed by atoms with van der Waals surface area (Å²) < 4.78 is 15.3. The molecule has 88 valence electrons. The van der Waals surface area contributed by atoms with Crippen LogP contribution in [0, 0.1) is 0 Å². The van der Waals surface area contributed by atoms with Crippen molar-refractivity contribution in [3.63, 3.8) is 0 Å². The van der Waals surface area contributed by atoms with E-state index in [1.807, 2.05) is 0 Å². The lowest BCUT2D eigenvalue weighted by atomic mass is 10.1. The van der Waals surface area contributed by atoms with Crippen LogP contribution in [-0.4, -0.2) is 27.3 Å². The molecule has 0 N–H and O–H groups in total. The van der Waals surface area contributed by atoms with Crippen molar-refractivity contribution in [2.75, 3.05) is 21.3 Å². The normalized spacial score (nSPS) is 9.69. The van der Waals surface area contributed by atoms with Crippen LogP contribution in [0.15, 0.2) is 12.1 Å². The van der Waals surface area contributed by atoms with Gasteiger partial charge in [-0.05, 0) is 6.07 Å². The molecular formula is C11H13O5-. The van der Waals surface area contributed by atoms with Crippen molar-refractivity contribution in [2.24, 2.45) is 0 Å². The summed E-state index contributed by atoms with van der Waals surface area (Å²) in [6.45, 7) is 0. The maximum absolute atomic E-state index is 10.6. The number of rotatable bonds is 5. The zero-order chi connectivity index (χ0) is 12.1. The Balaban J connectivity index is 3.25. The molecule has 0 aliphatic rings. The molecule has 0 unspecified atom stereocenters. The second-order valence-electron chi connectivity index (χ2n) is 3.04. The number of hydrogen-bond donors (Lipinski definition) is 0. The molecule has 1 aromatic rings. The Kier molecular flexibility index (Phi) is 3.99. The van der Waals surface area contributed by atoms with Crippen molar-refractivity contribution in [2.45, 2.75) is 6.42 Å². The van der Waals surface area contributed by atoms with Crippen LogP contribution in [0.2, 0.25) is 0 Å². The Morgan fingerprint density at radius 2 is 1.75 bits per heavy atom. The summed E-state index contributed by atoms with van der Waals surface area (Å²) in [7, 11) is 4.40. The highest BCUT2D eigenvalue weighted by atomic mass is 16.5. The molecule has 0 aromatic heterocycles. The number of ether oxygens (including phenoxy) is 3. The number of methoxy groups -OCH3 is 3. The van der Waals surface area contributed by atoms with E-state index in [1.54, 1.807) is 12.1 Å². The zero-order valence-electron chi connectivity index (χ0n) is 9.40. The van der Waals surface area contributed by atoms with Crippen LogP contribution in [0.1, 0.15) is 5.56 Å². The van der Waals surface area contributed by atoms with E-state index < -0.39 is 5.97 Å². The van der Waals surface area contributed by atoms with Crippen LogP contribution in [0.25, 0.3) is 0 Å². The van der Waals surface area contributed by atoms with Gasteiger partial charge in [0.05, 0.1) is 21.3 Å². The lowest BCUT2D eigenvalue weighted by Crippen LogP contribution is -2.24. The first-order chi connectivity index (χ1) is 7.63. The minimum Gasteiger partial charge on any atom is -0.550 e. The summed E-state index contributed by atoms with van der Waals surface area (Å²) in [4.78, 5) is 10.6. The molecule has 0 saturated heterocycles. The molecule has 0 heterocycles. The van der Waals surface area contributed by atoms with Crippen molar-refractivity contribution >= 4 is 5.97 Å². The Morgan fingerprint density at radius 1 is 1.12 bits per heavy atom. The SMILES string of the molecule is COc1ccc(CC(=O)[O-])c(OC)c1OC. The van der Waals surface area contributed by atoms with Crippen molar-refractivity contribution < 1.29 is 24.1 Å². The molecule has 0 bridgehead atoms. The fraction of sp³-hybridized carbons (Fsp3) is 0.364. The first-order valence-electron chi connectivity index (χ1n) is 4.61. The Bertz CT molecular complexity index is 386. The molecule has 0 atom stereocenters. The van der Waals surface area contributed by atoms with Crippen molar-refractivity contribution in [1.29, 1.82) is 0 Å². The fourth-order valence-electron chi connectivity index (χ4n) is 1.46. The largest absolute Gasteiger partial charge is 0.550 e. The summed E-state index contributed by atoms with van der Waals surface area (Å²) in [5.74, 6) is 0.0433. The van der Waals surface area contributed by atoms with Gasteiger partial charge in [-0.1, -0.05) is 6.07 Å². The standard InChI is InChI=1S/C11H14O5/c1-14-8-5-4-7(6-9(12)13)10(15-2)11(8)16-3/h4-5H,6H2,1-3H3,(H,12,13)/p-1. The maximum Gasteiger partial charge on any atom is 0.203 e. The molecular weight excluding hydrogens is 212 g/mol. The van der Waals surface area contributed by atoms with E-state index in [0.29, 0.717) is 22.8 Å². The van der Waals surface area contributed by atoms with Gasteiger partial charge in [0.1, 0.15) is 0 Å². The van der Waals surface area contributed by atoms with E-state index in [1.165, 1.54) is 21.3 Å². The summed E-state index contributed by atoms with van der Waals surface area (Å²) >= 11 is 0. The molecule has 0 spiro atoms. The number of carbonyl (C=O) groups is 1. The molecule has 1 rings (SSSR count). The molecule has 0 fully saturated rings. The Labute approximate surface area is 93.6 Å². The molecule has 1 aromatic carbocycles. The first-order valence-corrected chi connectivity index (χ1v) is 4.61. The predicted molar refractivity (Wildman–Crippen MR) is 54.8 cm³/mol. The van der Waals surface area contributed by atoms with E-state index in [2.05, 4.69) is 0 Å². The summed E-state index contributed by atoms with van der Waals surface area (Å²) in [5, 5.41) is 10.6. The maximum atomic E-state index is 10.6. The third kappa shape index (κ3) is 2.36.